The number of rotatable bonds is 9. The van der Waals surface area contributed by atoms with Crippen molar-refractivity contribution < 1.29 is 19.2 Å². The number of ether oxygens (including phenoxy) is 1. The molecule has 11 heteroatoms. The molecule has 0 aliphatic carbocycles. The normalized spacial score (nSPS) is 13.1. The molecular weight excluding hydrogens is 522 g/mol. The molecule has 3 aromatic carbocycles. The summed E-state index contributed by atoms with van der Waals surface area (Å²) in [7, 11) is 1.66. The van der Waals surface area contributed by atoms with Gasteiger partial charge in [-0.05, 0) is 48.9 Å². The van der Waals surface area contributed by atoms with Crippen LogP contribution in [0.4, 0.5) is 22.7 Å². The van der Waals surface area contributed by atoms with Crippen molar-refractivity contribution in [1.82, 2.24) is 5.32 Å². The van der Waals surface area contributed by atoms with Crippen LogP contribution in [0.15, 0.2) is 60.7 Å². The van der Waals surface area contributed by atoms with Crippen molar-refractivity contribution in [2.45, 2.75) is 13.3 Å². The van der Waals surface area contributed by atoms with Gasteiger partial charge in [-0.3, -0.25) is 19.7 Å². The number of piperazine rings is 1. The molecule has 3 aromatic rings. The lowest BCUT2D eigenvalue weighted by Gasteiger charge is -2.38. The number of nitrogens with zero attached hydrogens (tertiary/aromatic N) is 3. The minimum absolute atomic E-state index is 0.0541. The van der Waals surface area contributed by atoms with Crippen LogP contribution in [-0.4, -0.2) is 56.6 Å². The number of anilines is 3. The van der Waals surface area contributed by atoms with Gasteiger partial charge in [0.05, 0.1) is 23.3 Å². The van der Waals surface area contributed by atoms with E-state index < -0.39 is 10.8 Å². The molecule has 2 N–H and O–H groups in total. The number of benzene rings is 3. The van der Waals surface area contributed by atoms with Crippen molar-refractivity contribution in [3.63, 3.8) is 0 Å². The van der Waals surface area contributed by atoms with Gasteiger partial charge in [-0.1, -0.05) is 30.7 Å². The Morgan fingerprint density at radius 3 is 2.33 bits per heavy atom. The first-order chi connectivity index (χ1) is 18.8. The molecule has 204 valence electrons. The first-order valence-corrected chi connectivity index (χ1v) is 13.0. The fraction of sp³-hybridized carbons (Fsp3) is 0.286. The number of halogens is 1. The molecule has 0 saturated carbocycles. The number of carbonyl (C=O) groups is 2. The maximum absolute atomic E-state index is 13.1. The molecule has 0 aromatic heterocycles. The fourth-order valence-electron chi connectivity index (χ4n) is 4.48. The quantitative estimate of drug-likeness (QED) is 0.284. The van der Waals surface area contributed by atoms with Crippen molar-refractivity contribution in [2.75, 3.05) is 55.0 Å². The van der Waals surface area contributed by atoms with Gasteiger partial charge in [0.25, 0.3) is 17.5 Å². The third-order valence-corrected chi connectivity index (χ3v) is 6.81. The van der Waals surface area contributed by atoms with Crippen molar-refractivity contribution in [2.24, 2.45) is 0 Å². The van der Waals surface area contributed by atoms with Gasteiger partial charge in [-0.2, -0.15) is 0 Å². The molecule has 1 aliphatic rings. The second kappa shape index (κ2) is 12.5. The summed E-state index contributed by atoms with van der Waals surface area (Å²) in [4.78, 5) is 41.0. The predicted molar refractivity (Wildman–Crippen MR) is 153 cm³/mol. The number of hydrogen-bond donors (Lipinski definition) is 2. The molecule has 4 rings (SSSR count). The molecular formula is C28H30ClN5O5. The fourth-order valence-corrected chi connectivity index (χ4v) is 4.67. The molecule has 0 bridgehead atoms. The van der Waals surface area contributed by atoms with Crippen LogP contribution in [0.5, 0.6) is 5.75 Å². The molecule has 0 atom stereocenters. The monoisotopic (exact) mass is 551 g/mol. The summed E-state index contributed by atoms with van der Waals surface area (Å²) >= 11 is 5.87. The lowest BCUT2D eigenvalue weighted by molar-refractivity contribution is -0.384. The van der Waals surface area contributed by atoms with Crippen LogP contribution < -0.4 is 25.2 Å². The minimum atomic E-state index is -0.641. The van der Waals surface area contributed by atoms with Gasteiger partial charge < -0.3 is 25.2 Å². The Morgan fingerprint density at radius 2 is 1.67 bits per heavy atom. The van der Waals surface area contributed by atoms with E-state index in [0.29, 0.717) is 30.9 Å². The van der Waals surface area contributed by atoms with Crippen molar-refractivity contribution in [3.8, 4) is 5.75 Å². The van der Waals surface area contributed by atoms with Crippen molar-refractivity contribution >= 4 is 46.2 Å². The van der Waals surface area contributed by atoms with E-state index in [9.17, 15) is 19.7 Å². The SMILES string of the molecule is CCCNC(=O)c1cc(NC(=O)c2ccc(Cl)c([N+](=O)[O-])c2)ccc1N1CCN(c2ccccc2OC)CC1. The Labute approximate surface area is 231 Å². The van der Waals surface area contributed by atoms with Gasteiger partial charge in [0, 0.05) is 55.7 Å². The summed E-state index contributed by atoms with van der Waals surface area (Å²) < 4.78 is 5.52. The van der Waals surface area contributed by atoms with Crippen molar-refractivity contribution in [1.29, 1.82) is 0 Å². The van der Waals surface area contributed by atoms with Gasteiger partial charge in [-0.15, -0.1) is 0 Å². The van der Waals surface area contributed by atoms with E-state index in [-0.39, 0.29) is 22.2 Å². The average Bonchev–Trinajstić information content (AvgIpc) is 2.96. The van der Waals surface area contributed by atoms with E-state index in [2.05, 4.69) is 20.4 Å². The second-order valence-corrected chi connectivity index (χ2v) is 9.42. The summed E-state index contributed by atoms with van der Waals surface area (Å²) in [5.74, 6) is 0.0294. The third-order valence-electron chi connectivity index (χ3n) is 6.49. The Morgan fingerprint density at radius 1 is 0.974 bits per heavy atom. The number of hydrogen-bond acceptors (Lipinski definition) is 7. The molecule has 0 spiro atoms. The van der Waals surface area contributed by atoms with Gasteiger partial charge in [0.1, 0.15) is 10.8 Å². The van der Waals surface area contributed by atoms with Crippen LogP contribution in [-0.2, 0) is 0 Å². The van der Waals surface area contributed by atoms with Gasteiger partial charge in [-0.25, -0.2) is 0 Å². The smallest absolute Gasteiger partial charge is 0.288 e. The Kier molecular flexibility index (Phi) is 8.88. The maximum Gasteiger partial charge on any atom is 0.288 e. The number of nitro benzene ring substituents is 1. The molecule has 0 unspecified atom stereocenters. The van der Waals surface area contributed by atoms with Crippen LogP contribution in [0, 0.1) is 10.1 Å². The highest BCUT2D eigenvalue weighted by Gasteiger charge is 2.24. The Balaban J connectivity index is 1.55. The molecule has 1 saturated heterocycles. The van der Waals surface area contributed by atoms with Crippen LogP contribution >= 0.6 is 11.6 Å². The van der Waals surface area contributed by atoms with E-state index in [1.807, 2.05) is 37.3 Å². The second-order valence-electron chi connectivity index (χ2n) is 9.01. The number of methoxy groups -OCH3 is 1. The van der Waals surface area contributed by atoms with E-state index in [4.69, 9.17) is 16.3 Å². The number of para-hydroxylation sites is 2. The van der Waals surface area contributed by atoms with Gasteiger partial charge >= 0.3 is 0 Å². The standard InChI is InChI=1S/C28H30ClN5O5/c1-3-12-30-28(36)21-18-20(31-27(35)19-8-10-22(29)25(17-19)34(37)38)9-11-23(21)32-13-15-33(16-14-32)24-6-4-5-7-26(24)39-2/h4-11,17-18H,3,12-16H2,1-2H3,(H,30,36)(H,31,35). The first kappa shape index (κ1) is 27.7. The summed E-state index contributed by atoms with van der Waals surface area (Å²) in [6.07, 6.45) is 0.782. The summed E-state index contributed by atoms with van der Waals surface area (Å²) in [6.45, 7) is 5.35. The molecule has 39 heavy (non-hydrogen) atoms. The van der Waals surface area contributed by atoms with Gasteiger partial charge in [0.15, 0.2) is 0 Å². The average molecular weight is 552 g/mol. The summed E-state index contributed by atoms with van der Waals surface area (Å²) in [5.41, 5.74) is 2.36. The zero-order chi connectivity index (χ0) is 27.9. The largest absolute Gasteiger partial charge is 0.495 e. The van der Waals surface area contributed by atoms with E-state index in [1.54, 1.807) is 19.2 Å². The van der Waals surface area contributed by atoms with E-state index in [1.165, 1.54) is 12.1 Å². The summed E-state index contributed by atoms with van der Waals surface area (Å²) in [6, 6.07) is 16.9. The zero-order valence-electron chi connectivity index (χ0n) is 21.8. The Hall–Kier alpha value is -4.31. The topological polar surface area (TPSA) is 117 Å². The molecule has 1 fully saturated rings. The van der Waals surface area contributed by atoms with Crippen LogP contribution in [0.1, 0.15) is 34.1 Å². The Bertz CT molecular complexity index is 1370. The zero-order valence-corrected chi connectivity index (χ0v) is 22.5. The molecule has 0 radical (unpaired) electrons. The van der Waals surface area contributed by atoms with E-state index >= 15 is 0 Å². The molecule has 2 amide bonds. The van der Waals surface area contributed by atoms with Crippen LogP contribution in [0.3, 0.4) is 0 Å². The highest BCUT2D eigenvalue weighted by atomic mass is 35.5. The summed E-state index contributed by atoms with van der Waals surface area (Å²) in [5, 5.41) is 16.8. The predicted octanol–water partition coefficient (Wildman–Crippen LogP) is 4.98. The minimum Gasteiger partial charge on any atom is -0.495 e. The number of amides is 2. The lowest BCUT2D eigenvalue weighted by atomic mass is 10.1. The number of carbonyl (C=O) groups excluding carboxylic acids is 2. The highest BCUT2D eigenvalue weighted by molar-refractivity contribution is 6.32. The first-order valence-electron chi connectivity index (χ1n) is 12.6. The maximum atomic E-state index is 13.1. The van der Waals surface area contributed by atoms with Crippen LogP contribution in [0.2, 0.25) is 5.02 Å². The molecule has 10 nitrogen and oxygen atoms in total. The van der Waals surface area contributed by atoms with Gasteiger partial charge in [0.2, 0.25) is 0 Å². The number of nitrogens with one attached hydrogen (secondary N) is 2. The van der Waals surface area contributed by atoms with Crippen LogP contribution in [0.25, 0.3) is 0 Å². The molecule has 1 aliphatic heterocycles. The van der Waals surface area contributed by atoms with Crippen molar-refractivity contribution in [3.05, 3.63) is 86.9 Å². The highest BCUT2D eigenvalue weighted by Crippen LogP contribution is 2.31. The molecule has 1 heterocycles. The number of nitro groups is 1. The van der Waals surface area contributed by atoms with E-state index in [0.717, 1.165) is 42.7 Å². The lowest BCUT2D eigenvalue weighted by Crippen LogP contribution is -2.47. The third kappa shape index (κ3) is 6.40.